The van der Waals surface area contributed by atoms with Gasteiger partial charge < -0.3 is 5.32 Å². The topological polar surface area (TPSA) is 12.0 Å². The summed E-state index contributed by atoms with van der Waals surface area (Å²) < 4.78 is 0. The fourth-order valence-corrected chi connectivity index (χ4v) is 4.32. The maximum Gasteiger partial charge on any atom is 0.00924 e. The summed E-state index contributed by atoms with van der Waals surface area (Å²) in [6.07, 6.45) is 11.1. The summed E-state index contributed by atoms with van der Waals surface area (Å²) in [5, 5.41) is 5.78. The number of rotatable bonds is 7. The van der Waals surface area contributed by atoms with E-state index in [1.807, 2.05) is 11.3 Å². The lowest BCUT2D eigenvalue weighted by molar-refractivity contribution is 0.215. The maximum absolute atomic E-state index is 3.59. The molecule has 1 aliphatic carbocycles. The highest BCUT2D eigenvalue weighted by atomic mass is 32.1. The molecule has 19 heavy (non-hydrogen) atoms. The summed E-state index contributed by atoms with van der Waals surface area (Å²) >= 11 is 1.90. The predicted octanol–water partition coefficient (Wildman–Crippen LogP) is 4.88. The van der Waals surface area contributed by atoms with Crippen LogP contribution in [-0.2, 0) is 6.42 Å². The van der Waals surface area contributed by atoms with E-state index in [1.165, 1.54) is 51.4 Å². The van der Waals surface area contributed by atoms with Gasteiger partial charge in [0.25, 0.3) is 0 Å². The minimum atomic E-state index is 0.748. The molecule has 1 aromatic heterocycles. The van der Waals surface area contributed by atoms with Gasteiger partial charge in [-0.15, -0.1) is 11.3 Å². The molecule has 1 nitrogen and oxygen atoms in total. The summed E-state index contributed by atoms with van der Waals surface area (Å²) in [4.78, 5) is 1.55. The highest BCUT2D eigenvalue weighted by molar-refractivity contribution is 7.09. The van der Waals surface area contributed by atoms with Crippen LogP contribution >= 0.6 is 11.3 Å². The van der Waals surface area contributed by atoms with Crippen LogP contribution in [0.4, 0.5) is 0 Å². The lowest BCUT2D eigenvalue weighted by Gasteiger charge is -2.33. The van der Waals surface area contributed by atoms with Gasteiger partial charge in [0, 0.05) is 10.9 Å². The number of thiophene rings is 1. The van der Waals surface area contributed by atoms with Gasteiger partial charge in [-0.1, -0.05) is 32.3 Å². The average molecular weight is 279 g/mol. The van der Waals surface area contributed by atoms with Crippen molar-refractivity contribution in [1.29, 1.82) is 0 Å². The second kappa shape index (κ2) is 8.06. The van der Waals surface area contributed by atoms with Crippen LogP contribution in [0.2, 0.25) is 0 Å². The minimum absolute atomic E-state index is 0.748. The SMILES string of the molecule is CCC1CCC(C(CCCc2cccs2)NC)CC1. The quantitative estimate of drug-likeness (QED) is 0.750. The van der Waals surface area contributed by atoms with E-state index < -0.39 is 0 Å². The van der Waals surface area contributed by atoms with Gasteiger partial charge in [-0.3, -0.25) is 0 Å². The van der Waals surface area contributed by atoms with E-state index >= 15 is 0 Å². The summed E-state index contributed by atoms with van der Waals surface area (Å²) in [6, 6.07) is 5.19. The molecule has 1 aliphatic rings. The van der Waals surface area contributed by atoms with Crippen LogP contribution in [0, 0.1) is 11.8 Å². The molecule has 2 heteroatoms. The monoisotopic (exact) mass is 279 g/mol. The highest BCUT2D eigenvalue weighted by Crippen LogP contribution is 2.33. The van der Waals surface area contributed by atoms with Crippen LogP contribution in [0.1, 0.15) is 56.7 Å². The van der Waals surface area contributed by atoms with Crippen LogP contribution in [0.5, 0.6) is 0 Å². The van der Waals surface area contributed by atoms with Gasteiger partial charge in [-0.2, -0.15) is 0 Å². The second-order valence-corrected chi connectivity index (χ2v) is 7.09. The fraction of sp³-hybridized carbons (Fsp3) is 0.765. The first-order valence-corrected chi connectivity index (χ1v) is 8.91. The van der Waals surface area contributed by atoms with Crippen LogP contribution in [-0.4, -0.2) is 13.1 Å². The van der Waals surface area contributed by atoms with Gasteiger partial charge in [0.2, 0.25) is 0 Å². The second-order valence-electron chi connectivity index (χ2n) is 6.06. The van der Waals surface area contributed by atoms with Gasteiger partial charge >= 0.3 is 0 Å². The molecular weight excluding hydrogens is 250 g/mol. The zero-order valence-electron chi connectivity index (χ0n) is 12.5. The third-order valence-corrected chi connectivity index (χ3v) is 5.86. The molecule has 0 radical (unpaired) electrons. The standard InChI is InChI=1S/C17H29NS/c1-3-14-9-11-15(12-10-14)17(18-2)8-4-6-16-7-5-13-19-16/h5,7,13-15,17-18H,3-4,6,8-12H2,1-2H3. The van der Waals surface area contributed by atoms with Crippen molar-refractivity contribution in [3.05, 3.63) is 22.4 Å². The third-order valence-electron chi connectivity index (χ3n) is 4.93. The summed E-state index contributed by atoms with van der Waals surface area (Å²) in [7, 11) is 2.15. The average Bonchev–Trinajstić information content (AvgIpc) is 2.97. The molecular formula is C17H29NS. The molecule has 1 fully saturated rings. The Hall–Kier alpha value is -0.340. The first-order chi connectivity index (χ1) is 9.33. The highest BCUT2D eigenvalue weighted by Gasteiger charge is 2.25. The number of hydrogen-bond donors (Lipinski definition) is 1. The van der Waals surface area contributed by atoms with Crippen LogP contribution < -0.4 is 5.32 Å². The molecule has 1 saturated carbocycles. The van der Waals surface area contributed by atoms with Gasteiger partial charge in [-0.25, -0.2) is 0 Å². The number of hydrogen-bond acceptors (Lipinski definition) is 2. The molecule has 0 aliphatic heterocycles. The normalized spacial score (nSPS) is 25.4. The van der Waals surface area contributed by atoms with Crippen molar-refractivity contribution in [2.75, 3.05) is 7.05 Å². The zero-order valence-corrected chi connectivity index (χ0v) is 13.3. The molecule has 1 N–H and O–H groups in total. The van der Waals surface area contributed by atoms with E-state index in [0.29, 0.717) is 0 Å². The molecule has 0 spiro atoms. The molecule has 1 aromatic rings. The smallest absolute Gasteiger partial charge is 0.00924 e. The van der Waals surface area contributed by atoms with Crippen molar-refractivity contribution < 1.29 is 0 Å². The van der Waals surface area contributed by atoms with Crippen LogP contribution in [0.15, 0.2) is 17.5 Å². The van der Waals surface area contributed by atoms with E-state index in [1.54, 1.807) is 4.88 Å². The van der Waals surface area contributed by atoms with E-state index in [0.717, 1.165) is 17.9 Å². The van der Waals surface area contributed by atoms with Gasteiger partial charge in [-0.05, 0) is 62.4 Å². The summed E-state index contributed by atoms with van der Waals surface area (Å²) in [6.45, 7) is 2.35. The zero-order chi connectivity index (χ0) is 13.5. The fourth-order valence-electron chi connectivity index (χ4n) is 3.57. The Morgan fingerprint density at radius 3 is 2.68 bits per heavy atom. The van der Waals surface area contributed by atoms with E-state index in [-0.39, 0.29) is 0 Å². The van der Waals surface area contributed by atoms with Crippen LogP contribution in [0.25, 0.3) is 0 Å². The molecule has 1 heterocycles. The van der Waals surface area contributed by atoms with Crippen molar-refractivity contribution in [2.45, 2.75) is 64.3 Å². The Labute approximate surface area is 122 Å². The van der Waals surface area contributed by atoms with E-state index in [2.05, 4.69) is 36.8 Å². The number of aryl methyl sites for hydroxylation is 1. The summed E-state index contributed by atoms with van der Waals surface area (Å²) in [5.74, 6) is 1.94. The van der Waals surface area contributed by atoms with Crippen molar-refractivity contribution in [3.63, 3.8) is 0 Å². The van der Waals surface area contributed by atoms with Crippen molar-refractivity contribution >= 4 is 11.3 Å². The molecule has 0 amide bonds. The van der Waals surface area contributed by atoms with Crippen molar-refractivity contribution in [2.24, 2.45) is 11.8 Å². The molecule has 1 atom stereocenters. The van der Waals surface area contributed by atoms with Gasteiger partial charge in [0.1, 0.15) is 0 Å². The lowest BCUT2D eigenvalue weighted by Crippen LogP contribution is -2.36. The first-order valence-electron chi connectivity index (χ1n) is 8.03. The van der Waals surface area contributed by atoms with E-state index in [4.69, 9.17) is 0 Å². The lowest BCUT2D eigenvalue weighted by atomic mass is 9.76. The van der Waals surface area contributed by atoms with Crippen molar-refractivity contribution in [1.82, 2.24) is 5.32 Å². The first kappa shape index (κ1) is 15.1. The largest absolute Gasteiger partial charge is 0.317 e. The van der Waals surface area contributed by atoms with Gasteiger partial charge in [0.05, 0.1) is 0 Å². The van der Waals surface area contributed by atoms with Crippen LogP contribution in [0.3, 0.4) is 0 Å². The number of nitrogens with one attached hydrogen (secondary N) is 1. The molecule has 2 rings (SSSR count). The Morgan fingerprint density at radius 2 is 2.11 bits per heavy atom. The Bertz CT molecular complexity index is 325. The summed E-state index contributed by atoms with van der Waals surface area (Å²) in [5.41, 5.74) is 0. The third kappa shape index (κ3) is 4.61. The maximum atomic E-state index is 3.59. The molecule has 1 unspecified atom stereocenters. The molecule has 0 aromatic carbocycles. The Balaban J connectivity index is 1.71. The minimum Gasteiger partial charge on any atom is -0.317 e. The molecule has 0 bridgehead atoms. The van der Waals surface area contributed by atoms with E-state index in [9.17, 15) is 0 Å². The molecule has 108 valence electrons. The predicted molar refractivity (Wildman–Crippen MR) is 85.8 cm³/mol. The van der Waals surface area contributed by atoms with Crippen molar-refractivity contribution in [3.8, 4) is 0 Å². The van der Waals surface area contributed by atoms with Gasteiger partial charge in [0.15, 0.2) is 0 Å². The Morgan fingerprint density at radius 1 is 1.32 bits per heavy atom. The Kier molecular flexibility index (Phi) is 6.39. The molecule has 0 saturated heterocycles.